The second kappa shape index (κ2) is 4.65. The molecule has 0 heterocycles. The van der Waals surface area contributed by atoms with Crippen molar-refractivity contribution >= 4 is 11.6 Å². The van der Waals surface area contributed by atoms with E-state index in [0.29, 0.717) is 18.0 Å². The van der Waals surface area contributed by atoms with Crippen LogP contribution in [0, 0.1) is 5.92 Å². The van der Waals surface area contributed by atoms with Crippen molar-refractivity contribution in [1.29, 1.82) is 0 Å². The molecule has 0 spiro atoms. The average molecular weight is 193 g/mol. The second-order valence-electron chi connectivity index (χ2n) is 3.66. The highest BCUT2D eigenvalue weighted by atomic mass is 16.3. The van der Waals surface area contributed by atoms with Crippen LogP contribution in [0.15, 0.2) is 24.3 Å². The molecule has 14 heavy (non-hydrogen) atoms. The van der Waals surface area contributed by atoms with Crippen molar-refractivity contribution in [3.63, 3.8) is 0 Å². The van der Waals surface area contributed by atoms with Crippen LogP contribution in [0.25, 0.3) is 0 Å². The maximum absolute atomic E-state index is 11.4. The molecule has 0 saturated carbocycles. The van der Waals surface area contributed by atoms with Gasteiger partial charge in [-0.3, -0.25) is 4.79 Å². The van der Waals surface area contributed by atoms with Gasteiger partial charge in [0.2, 0.25) is 5.91 Å². The van der Waals surface area contributed by atoms with Crippen LogP contribution in [0.5, 0.6) is 5.75 Å². The highest BCUT2D eigenvalue weighted by Crippen LogP contribution is 2.21. The lowest BCUT2D eigenvalue weighted by molar-refractivity contribution is -0.116. The number of carbonyl (C=O) groups is 1. The number of hydrogen-bond acceptors (Lipinski definition) is 2. The van der Waals surface area contributed by atoms with E-state index < -0.39 is 0 Å². The molecule has 1 rings (SSSR count). The van der Waals surface area contributed by atoms with E-state index in [1.807, 2.05) is 13.8 Å². The Morgan fingerprint density at radius 1 is 1.43 bits per heavy atom. The molecule has 0 bridgehead atoms. The van der Waals surface area contributed by atoms with Crippen molar-refractivity contribution in [3.8, 4) is 5.75 Å². The predicted molar refractivity (Wildman–Crippen MR) is 56.2 cm³/mol. The summed E-state index contributed by atoms with van der Waals surface area (Å²) in [4.78, 5) is 11.4. The van der Waals surface area contributed by atoms with Gasteiger partial charge in [0.05, 0.1) is 5.69 Å². The van der Waals surface area contributed by atoms with Gasteiger partial charge in [0, 0.05) is 6.42 Å². The first-order valence-corrected chi connectivity index (χ1v) is 4.67. The largest absolute Gasteiger partial charge is 0.506 e. The number of carbonyl (C=O) groups excluding carboxylic acids is 1. The van der Waals surface area contributed by atoms with Crippen LogP contribution in [0.4, 0.5) is 5.69 Å². The molecule has 0 aliphatic rings. The van der Waals surface area contributed by atoms with Gasteiger partial charge in [0.25, 0.3) is 0 Å². The Balaban J connectivity index is 2.61. The van der Waals surface area contributed by atoms with Gasteiger partial charge < -0.3 is 10.4 Å². The first-order valence-electron chi connectivity index (χ1n) is 4.67. The van der Waals surface area contributed by atoms with Crippen LogP contribution < -0.4 is 5.32 Å². The fraction of sp³-hybridized carbons (Fsp3) is 0.364. The lowest BCUT2D eigenvalue weighted by atomic mass is 10.1. The number of phenolic OH excluding ortho intramolecular Hbond substituents is 1. The van der Waals surface area contributed by atoms with Gasteiger partial charge in [0.1, 0.15) is 5.75 Å². The average Bonchev–Trinajstić information content (AvgIpc) is 2.07. The zero-order valence-corrected chi connectivity index (χ0v) is 8.45. The third-order valence-electron chi connectivity index (χ3n) is 1.77. The summed E-state index contributed by atoms with van der Waals surface area (Å²) in [6, 6.07) is 6.71. The standard InChI is InChI=1S/C11H15NO2/c1-8(2)7-11(14)12-9-5-3-4-6-10(9)13/h3-6,8,13H,7H2,1-2H3,(H,12,14). The molecular formula is C11H15NO2. The number of hydrogen-bond donors (Lipinski definition) is 2. The number of anilines is 1. The summed E-state index contributed by atoms with van der Waals surface area (Å²) in [5.74, 6) is 0.354. The molecule has 0 atom stereocenters. The Hall–Kier alpha value is -1.51. The highest BCUT2D eigenvalue weighted by Gasteiger charge is 2.06. The number of para-hydroxylation sites is 2. The first kappa shape index (κ1) is 10.6. The van der Waals surface area contributed by atoms with Crippen LogP contribution in [0.1, 0.15) is 20.3 Å². The summed E-state index contributed by atoms with van der Waals surface area (Å²) in [6.07, 6.45) is 0.467. The van der Waals surface area contributed by atoms with E-state index in [1.165, 1.54) is 0 Å². The van der Waals surface area contributed by atoms with Crippen molar-refractivity contribution in [2.45, 2.75) is 20.3 Å². The van der Waals surface area contributed by atoms with Crippen LogP contribution in [0.2, 0.25) is 0 Å². The number of nitrogens with one attached hydrogen (secondary N) is 1. The molecule has 3 nitrogen and oxygen atoms in total. The van der Waals surface area contributed by atoms with E-state index in [4.69, 9.17) is 0 Å². The lowest BCUT2D eigenvalue weighted by Gasteiger charge is -2.08. The molecule has 0 aliphatic heterocycles. The first-order chi connectivity index (χ1) is 6.59. The summed E-state index contributed by atoms with van der Waals surface area (Å²) < 4.78 is 0. The van der Waals surface area contributed by atoms with Crippen LogP contribution >= 0.6 is 0 Å². The quantitative estimate of drug-likeness (QED) is 0.724. The van der Waals surface area contributed by atoms with E-state index in [9.17, 15) is 9.90 Å². The third kappa shape index (κ3) is 3.09. The smallest absolute Gasteiger partial charge is 0.224 e. The molecule has 1 amide bonds. The fourth-order valence-electron chi connectivity index (χ4n) is 1.15. The zero-order valence-electron chi connectivity index (χ0n) is 8.45. The lowest BCUT2D eigenvalue weighted by Crippen LogP contribution is -2.13. The van der Waals surface area contributed by atoms with Crippen LogP contribution in [0.3, 0.4) is 0 Å². The van der Waals surface area contributed by atoms with Crippen molar-refractivity contribution in [2.24, 2.45) is 5.92 Å². The van der Waals surface area contributed by atoms with Gasteiger partial charge in [-0.1, -0.05) is 26.0 Å². The molecule has 0 aromatic heterocycles. The molecule has 2 N–H and O–H groups in total. The molecule has 0 saturated heterocycles. The predicted octanol–water partition coefficient (Wildman–Crippen LogP) is 2.38. The number of rotatable bonds is 3. The highest BCUT2D eigenvalue weighted by molar-refractivity contribution is 5.92. The number of phenols is 1. The topological polar surface area (TPSA) is 49.3 Å². The molecule has 1 aromatic carbocycles. The molecule has 0 radical (unpaired) electrons. The Labute approximate surface area is 83.8 Å². The minimum absolute atomic E-state index is 0.0681. The zero-order chi connectivity index (χ0) is 10.6. The van der Waals surface area contributed by atoms with E-state index in [0.717, 1.165) is 0 Å². The Kier molecular flexibility index (Phi) is 3.51. The van der Waals surface area contributed by atoms with E-state index in [1.54, 1.807) is 24.3 Å². The molecule has 3 heteroatoms. The van der Waals surface area contributed by atoms with E-state index in [2.05, 4.69) is 5.32 Å². The molecule has 0 aliphatic carbocycles. The summed E-state index contributed by atoms with van der Waals surface area (Å²) in [7, 11) is 0. The SMILES string of the molecule is CC(C)CC(=O)Nc1ccccc1O. The summed E-state index contributed by atoms with van der Waals surface area (Å²) in [5.41, 5.74) is 0.471. The van der Waals surface area contributed by atoms with Crippen LogP contribution in [-0.2, 0) is 4.79 Å². The minimum atomic E-state index is -0.0681. The Morgan fingerprint density at radius 2 is 2.07 bits per heavy atom. The monoisotopic (exact) mass is 193 g/mol. The number of amides is 1. The van der Waals surface area contributed by atoms with Gasteiger partial charge in [-0.2, -0.15) is 0 Å². The van der Waals surface area contributed by atoms with E-state index >= 15 is 0 Å². The molecule has 0 unspecified atom stereocenters. The summed E-state index contributed by atoms with van der Waals surface area (Å²) in [6.45, 7) is 3.95. The molecular weight excluding hydrogens is 178 g/mol. The maximum atomic E-state index is 11.4. The van der Waals surface area contributed by atoms with Gasteiger partial charge in [0.15, 0.2) is 0 Å². The maximum Gasteiger partial charge on any atom is 0.224 e. The fourth-order valence-corrected chi connectivity index (χ4v) is 1.15. The van der Waals surface area contributed by atoms with Gasteiger partial charge in [-0.05, 0) is 18.1 Å². The Bertz CT molecular complexity index is 321. The molecule has 76 valence electrons. The molecule has 0 fully saturated rings. The number of aromatic hydroxyl groups is 1. The summed E-state index contributed by atoms with van der Waals surface area (Å²) >= 11 is 0. The van der Waals surface area contributed by atoms with Gasteiger partial charge >= 0.3 is 0 Å². The van der Waals surface area contributed by atoms with Crippen molar-refractivity contribution < 1.29 is 9.90 Å². The van der Waals surface area contributed by atoms with Crippen LogP contribution in [-0.4, -0.2) is 11.0 Å². The third-order valence-corrected chi connectivity index (χ3v) is 1.77. The Morgan fingerprint density at radius 3 is 2.64 bits per heavy atom. The normalized spacial score (nSPS) is 10.2. The summed E-state index contributed by atoms with van der Waals surface area (Å²) in [5, 5.41) is 12.0. The van der Waals surface area contributed by atoms with Crippen molar-refractivity contribution in [2.75, 3.05) is 5.32 Å². The number of benzene rings is 1. The second-order valence-corrected chi connectivity index (χ2v) is 3.66. The van der Waals surface area contributed by atoms with Gasteiger partial charge in [-0.15, -0.1) is 0 Å². The van der Waals surface area contributed by atoms with Gasteiger partial charge in [-0.25, -0.2) is 0 Å². The van der Waals surface area contributed by atoms with Crippen molar-refractivity contribution in [1.82, 2.24) is 0 Å². The minimum Gasteiger partial charge on any atom is -0.506 e. The van der Waals surface area contributed by atoms with E-state index in [-0.39, 0.29) is 11.7 Å². The molecule has 1 aromatic rings. The van der Waals surface area contributed by atoms with Crippen molar-refractivity contribution in [3.05, 3.63) is 24.3 Å².